The molecule has 0 radical (unpaired) electrons. The Morgan fingerprint density at radius 2 is 1.89 bits per heavy atom. The van der Waals surface area contributed by atoms with Gasteiger partial charge in [-0.1, -0.05) is 36.2 Å². The molecule has 28 heavy (non-hydrogen) atoms. The Balaban J connectivity index is 1.59. The van der Waals surface area contributed by atoms with Gasteiger partial charge in [0.25, 0.3) is 5.91 Å². The van der Waals surface area contributed by atoms with Crippen molar-refractivity contribution in [3.05, 3.63) is 58.4 Å². The van der Waals surface area contributed by atoms with Gasteiger partial charge in [-0.05, 0) is 70.7 Å². The lowest BCUT2D eigenvalue weighted by Gasteiger charge is -2.33. The molecule has 1 aliphatic heterocycles. The average molecular weight is 382 g/mol. The first kappa shape index (κ1) is 20.7. The van der Waals surface area contributed by atoms with E-state index in [0.29, 0.717) is 6.04 Å². The molecule has 1 atom stereocenters. The standard InChI is InChI=1S/C24H35N3O/c1-18-9-11-22(12-10-18)17-27-21(4)16-19(2)23(27)24(28)25-13-7-15-26-14-6-5-8-20(26)3/h9-12,16,20H,5-8,13-15,17H2,1-4H3,(H,25,28). The Bertz CT molecular complexity index is 791. The van der Waals surface area contributed by atoms with Crippen molar-refractivity contribution in [1.82, 2.24) is 14.8 Å². The zero-order valence-electron chi connectivity index (χ0n) is 17.9. The van der Waals surface area contributed by atoms with Gasteiger partial charge < -0.3 is 14.8 Å². The Hall–Kier alpha value is -2.07. The summed E-state index contributed by atoms with van der Waals surface area (Å²) >= 11 is 0. The van der Waals surface area contributed by atoms with E-state index in [1.54, 1.807) is 0 Å². The van der Waals surface area contributed by atoms with Gasteiger partial charge in [0.1, 0.15) is 5.69 Å². The molecule has 0 spiro atoms. The summed E-state index contributed by atoms with van der Waals surface area (Å²) in [5, 5.41) is 3.16. The molecule has 0 bridgehead atoms. The van der Waals surface area contributed by atoms with E-state index in [-0.39, 0.29) is 5.91 Å². The average Bonchev–Trinajstić information content (AvgIpc) is 2.95. The van der Waals surface area contributed by atoms with E-state index in [1.165, 1.54) is 36.9 Å². The van der Waals surface area contributed by atoms with Crippen LogP contribution >= 0.6 is 0 Å². The Morgan fingerprint density at radius 1 is 1.14 bits per heavy atom. The molecule has 1 unspecified atom stereocenters. The van der Waals surface area contributed by atoms with Crippen molar-refractivity contribution in [3.63, 3.8) is 0 Å². The van der Waals surface area contributed by atoms with E-state index in [1.807, 2.05) is 6.92 Å². The zero-order valence-corrected chi connectivity index (χ0v) is 17.9. The maximum absolute atomic E-state index is 12.9. The molecule has 4 nitrogen and oxygen atoms in total. The number of piperidine rings is 1. The summed E-state index contributed by atoms with van der Waals surface area (Å²) in [6.07, 6.45) is 4.97. The lowest BCUT2D eigenvalue weighted by atomic mass is 10.0. The number of carbonyl (C=O) groups excluding carboxylic acids is 1. The van der Waals surface area contributed by atoms with Gasteiger partial charge in [-0.15, -0.1) is 0 Å². The second-order valence-corrected chi connectivity index (χ2v) is 8.38. The van der Waals surface area contributed by atoms with Crippen LogP contribution in [0.2, 0.25) is 0 Å². The highest BCUT2D eigenvalue weighted by molar-refractivity contribution is 5.94. The third-order valence-electron chi connectivity index (χ3n) is 6.02. The highest BCUT2D eigenvalue weighted by Crippen LogP contribution is 2.18. The minimum Gasteiger partial charge on any atom is -0.351 e. The Labute approximate surface area is 169 Å². The lowest BCUT2D eigenvalue weighted by molar-refractivity contribution is 0.0939. The van der Waals surface area contributed by atoms with Gasteiger partial charge >= 0.3 is 0 Å². The van der Waals surface area contributed by atoms with Gasteiger partial charge in [0, 0.05) is 31.4 Å². The number of rotatable bonds is 7. The first-order valence-corrected chi connectivity index (χ1v) is 10.7. The van der Waals surface area contributed by atoms with Crippen LogP contribution in [-0.4, -0.2) is 41.1 Å². The molecule has 1 aromatic carbocycles. The summed E-state index contributed by atoms with van der Waals surface area (Å²) in [5.74, 6) is 0.0457. The van der Waals surface area contributed by atoms with Gasteiger partial charge in [-0.2, -0.15) is 0 Å². The molecular formula is C24H35N3O. The minimum atomic E-state index is 0.0457. The number of benzene rings is 1. The fraction of sp³-hybridized carbons (Fsp3) is 0.542. The molecule has 1 N–H and O–H groups in total. The van der Waals surface area contributed by atoms with Gasteiger partial charge in [0.15, 0.2) is 0 Å². The molecule has 0 aliphatic carbocycles. The predicted molar refractivity (Wildman–Crippen MR) is 116 cm³/mol. The van der Waals surface area contributed by atoms with Crippen molar-refractivity contribution in [2.24, 2.45) is 0 Å². The third kappa shape index (κ3) is 5.05. The van der Waals surface area contributed by atoms with E-state index in [0.717, 1.165) is 43.0 Å². The number of carbonyl (C=O) groups is 1. The highest BCUT2D eigenvalue weighted by atomic mass is 16.1. The van der Waals surface area contributed by atoms with E-state index in [2.05, 4.69) is 65.9 Å². The van der Waals surface area contributed by atoms with Gasteiger partial charge in [-0.3, -0.25) is 4.79 Å². The highest BCUT2D eigenvalue weighted by Gasteiger charge is 2.19. The second-order valence-electron chi connectivity index (χ2n) is 8.38. The van der Waals surface area contributed by atoms with Crippen molar-refractivity contribution in [3.8, 4) is 0 Å². The molecule has 2 aromatic rings. The molecule has 3 rings (SSSR count). The van der Waals surface area contributed by atoms with E-state index < -0.39 is 0 Å². The summed E-state index contributed by atoms with van der Waals surface area (Å²) in [4.78, 5) is 15.5. The molecular weight excluding hydrogens is 346 g/mol. The van der Waals surface area contributed by atoms with Gasteiger partial charge in [0.05, 0.1) is 0 Å². The monoisotopic (exact) mass is 381 g/mol. The number of aryl methyl sites for hydroxylation is 3. The second kappa shape index (κ2) is 9.42. The van der Waals surface area contributed by atoms with E-state index >= 15 is 0 Å². The first-order chi connectivity index (χ1) is 13.5. The number of likely N-dealkylation sites (tertiary alicyclic amines) is 1. The number of aromatic nitrogens is 1. The molecule has 1 saturated heterocycles. The number of hydrogen-bond donors (Lipinski definition) is 1. The topological polar surface area (TPSA) is 37.3 Å². The molecule has 1 aromatic heterocycles. The summed E-state index contributed by atoms with van der Waals surface area (Å²) in [5.41, 5.74) is 5.45. The zero-order chi connectivity index (χ0) is 20.1. The van der Waals surface area contributed by atoms with Crippen molar-refractivity contribution in [2.75, 3.05) is 19.6 Å². The van der Waals surface area contributed by atoms with Crippen LogP contribution in [-0.2, 0) is 6.54 Å². The largest absolute Gasteiger partial charge is 0.351 e. The van der Waals surface area contributed by atoms with Crippen molar-refractivity contribution >= 4 is 5.91 Å². The summed E-state index contributed by atoms with van der Waals surface area (Å²) < 4.78 is 2.14. The summed E-state index contributed by atoms with van der Waals surface area (Å²) in [6.45, 7) is 12.3. The van der Waals surface area contributed by atoms with Crippen LogP contribution in [0, 0.1) is 20.8 Å². The lowest BCUT2D eigenvalue weighted by Crippen LogP contribution is -2.39. The number of nitrogens with one attached hydrogen (secondary N) is 1. The van der Waals surface area contributed by atoms with Crippen LogP contribution in [0.25, 0.3) is 0 Å². The van der Waals surface area contributed by atoms with E-state index in [4.69, 9.17) is 0 Å². The van der Waals surface area contributed by atoms with Crippen LogP contribution in [0.4, 0.5) is 0 Å². The van der Waals surface area contributed by atoms with Crippen molar-refractivity contribution in [2.45, 2.75) is 66.0 Å². The molecule has 4 heteroatoms. The predicted octanol–water partition coefficient (Wildman–Crippen LogP) is 4.46. The maximum atomic E-state index is 12.9. The molecule has 2 heterocycles. The van der Waals surface area contributed by atoms with Crippen LogP contribution in [0.15, 0.2) is 30.3 Å². The number of nitrogens with zero attached hydrogens (tertiary/aromatic N) is 2. The van der Waals surface area contributed by atoms with Crippen LogP contribution in [0.1, 0.15) is 65.5 Å². The maximum Gasteiger partial charge on any atom is 0.268 e. The SMILES string of the molecule is Cc1ccc(Cn2c(C)cc(C)c2C(=O)NCCCN2CCCCC2C)cc1. The van der Waals surface area contributed by atoms with Crippen LogP contribution in [0.5, 0.6) is 0 Å². The van der Waals surface area contributed by atoms with Crippen LogP contribution in [0.3, 0.4) is 0 Å². The Kier molecular flexibility index (Phi) is 6.95. The smallest absolute Gasteiger partial charge is 0.268 e. The molecule has 1 amide bonds. The fourth-order valence-electron chi connectivity index (χ4n) is 4.29. The summed E-state index contributed by atoms with van der Waals surface area (Å²) in [6, 6.07) is 11.3. The fourth-order valence-corrected chi connectivity index (χ4v) is 4.29. The number of hydrogen-bond acceptors (Lipinski definition) is 2. The van der Waals surface area contributed by atoms with Gasteiger partial charge in [0.2, 0.25) is 0 Å². The minimum absolute atomic E-state index is 0.0457. The normalized spacial score (nSPS) is 17.6. The number of amides is 1. The molecule has 1 fully saturated rings. The van der Waals surface area contributed by atoms with Crippen molar-refractivity contribution in [1.29, 1.82) is 0 Å². The van der Waals surface area contributed by atoms with Gasteiger partial charge in [-0.25, -0.2) is 0 Å². The molecule has 152 valence electrons. The molecule has 0 saturated carbocycles. The van der Waals surface area contributed by atoms with Crippen LogP contribution < -0.4 is 5.32 Å². The summed E-state index contributed by atoms with van der Waals surface area (Å²) in [7, 11) is 0. The van der Waals surface area contributed by atoms with Crippen molar-refractivity contribution < 1.29 is 4.79 Å². The Morgan fingerprint density at radius 3 is 2.61 bits per heavy atom. The molecule has 1 aliphatic rings. The first-order valence-electron chi connectivity index (χ1n) is 10.7. The third-order valence-corrected chi connectivity index (χ3v) is 6.02. The van der Waals surface area contributed by atoms with E-state index in [9.17, 15) is 4.79 Å². The quantitative estimate of drug-likeness (QED) is 0.719.